The summed E-state index contributed by atoms with van der Waals surface area (Å²) in [5.41, 5.74) is 3.85. The topological polar surface area (TPSA) is 57.7 Å². The van der Waals surface area contributed by atoms with Crippen LogP contribution >= 0.6 is 11.6 Å². The summed E-state index contributed by atoms with van der Waals surface area (Å²) >= 11 is 5.95. The van der Waals surface area contributed by atoms with Crippen LogP contribution in [0.25, 0.3) is 0 Å². The van der Waals surface area contributed by atoms with Crippen LogP contribution in [0.1, 0.15) is 23.6 Å². The minimum atomic E-state index is -3.92. The number of halogens is 1. The van der Waals surface area contributed by atoms with Gasteiger partial charge in [0.25, 0.3) is 0 Å². The van der Waals surface area contributed by atoms with E-state index in [2.05, 4.69) is 0 Å². The molecule has 32 heavy (non-hydrogen) atoms. The van der Waals surface area contributed by atoms with Crippen LogP contribution in [0, 0.1) is 6.92 Å². The average molecular weight is 469 g/mol. The van der Waals surface area contributed by atoms with Crippen molar-refractivity contribution in [2.75, 3.05) is 11.4 Å². The molecule has 0 aliphatic carbocycles. The Kier molecular flexibility index (Phi) is 6.38. The number of amides is 1. The van der Waals surface area contributed by atoms with Crippen molar-refractivity contribution in [2.45, 2.75) is 37.8 Å². The van der Waals surface area contributed by atoms with E-state index in [0.29, 0.717) is 5.02 Å². The average Bonchev–Trinajstić information content (AvgIpc) is 3.10. The summed E-state index contributed by atoms with van der Waals surface area (Å²) < 4.78 is 28.3. The second kappa shape index (κ2) is 9.06. The minimum Gasteiger partial charge on any atom is -0.308 e. The Hall–Kier alpha value is -2.67. The van der Waals surface area contributed by atoms with Gasteiger partial charge < -0.3 is 4.90 Å². The molecule has 3 aromatic rings. The van der Waals surface area contributed by atoms with E-state index < -0.39 is 10.0 Å². The predicted molar refractivity (Wildman–Crippen MR) is 127 cm³/mol. The quantitative estimate of drug-likeness (QED) is 0.521. The van der Waals surface area contributed by atoms with Gasteiger partial charge in [0.05, 0.1) is 11.4 Å². The molecule has 166 valence electrons. The lowest BCUT2D eigenvalue weighted by molar-refractivity contribution is -0.119. The number of rotatable bonds is 6. The summed E-state index contributed by atoms with van der Waals surface area (Å²) in [4.78, 5) is 15.2. The fraction of sp³-hybridized carbons (Fsp3) is 0.240. The molecular weight excluding hydrogens is 444 g/mol. The molecule has 0 fully saturated rings. The van der Waals surface area contributed by atoms with Crippen LogP contribution in [0.3, 0.4) is 0 Å². The fourth-order valence-corrected chi connectivity index (χ4v) is 5.55. The number of carbonyl (C=O) groups is 1. The summed E-state index contributed by atoms with van der Waals surface area (Å²) in [7, 11) is -3.92. The molecule has 0 spiro atoms. The SMILES string of the molecule is Cc1ccc(CN(CC(=O)N2c3ccccc3C[C@@H]2C)S(=O)(=O)c2ccc(Cl)cc2)cc1. The van der Waals surface area contributed by atoms with Crippen molar-refractivity contribution in [1.29, 1.82) is 0 Å². The van der Waals surface area contributed by atoms with Crippen LogP contribution < -0.4 is 4.90 Å². The number of sulfonamides is 1. The number of hydrogen-bond donors (Lipinski definition) is 0. The van der Waals surface area contributed by atoms with Crippen molar-refractivity contribution in [3.63, 3.8) is 0 Å². The normalized spacial score (nSPS) is 15.8. The van der Waals surface area contributed by atoms with E-state index in [1.807, 2.05) is 62.4 Å². The highest BCUT2D eigenvalue weighted by molar-refractivity contribution is 7.89. The Morgan fingerprint density at radius 3 is 2.38 bits per heavy atom. The van der Waals surface area contributed by atoms with Gasteiger partial charge in [0.2, 0.25) is 15.9 Å². The maximum absolute atomic E-state index is 13.5. The zero-order valence-electron chi connectivity index (χ0n) is 18.0. The van der Waals surface area contributed by atoms with Gasteiger partial charge in [0.1, 0.15) is 0 Å². The van der Waals surface area contributed by atoms with Gasteiger partial charge in [0.15, 0.2) is 0 Å². The number of benzene rings is 3. The van der Waals surface area contributed by atoms with E-state index in [4.69, 9.17) is 11.6 Å². The number of hydrogen-bond acceptors (Lipinski definition) is 3. The minimum absolute atomic E-state index is 0.0284. The molecule has 0 N–H and O–H groups in total. The molecular formula is C25H25ClN2O3S. The molecule has 1 amide bonds. The number of anilines is 1. The highest BCUT2D eigenvalue weighted by Crippen LogP contribution is 2.32. The van der Waals surface area contributed by atoms with E-state index >= 15 is 0 Å². The molecule has 1 aliphatic heterocycles. The van der Waals surface area contributed by atoms with E-state index in [0.717, 1.165) is 28.8 Å². The van der Waals surface area contributed by atoms with E-state index in [-0.39, 0.29) is 29.9 Å². The maximum atomic E-state index is 13.5. The molecule has 0 aromatic heterocycles. The molecule has 0 bridgehead atoms. The van der Waals surface area contributed by atoms with Crippen LogP contribution in [-0.2, 0) is 27.8 Å². The summed E-state index contributed by atoms with van der Waals surface area (Å²) in [5.74, 6) is -0.243. The van der Waals surface area contributed by atoms with Crippen molar-refractivity contribution < 1.29 is 13.2 Å². The lowest BCUT2D eigenvalue weighted by Gasteiger charge is -2.27. The number of carbonyl (C=O) groups excluding carboxylic acids is 1. The van der Waals surface area contributed by atoms with Gasteiger partial charge in [-0.2, -0.15) is 4.31 Å². The smallest absolute Gasteiger partial charge is 0.243 e. The number of para-hydroxylation sites is 1. The van der Waals surface area contributed by atoms with Gasteiger partial charge in [-0.3, -0.25) is 4.79 Å². The highest BCUT2D eigenvalue weighted by atomic mass is 35.5. The Morgan fingerprint density at radius 1 is 1.03 bits per heavy atom. The number of aryl methyl sites for hydroxylation is 1. The van der Waals surface area contributed by atoms with Gasteiger partial charge in [0, 0.05) is 23.3 Å². The van der Waals surface area contributed by atoms with Gasteiger partial charge in [-0.25, -0.2) is 8.42 Å². The van der Waals surface area contributed by atoms with Crippen LogP contribution in [0.5, 0.6) is 0 Å². The Labute approximate surface area is 194 Å². The van der Waals surface area contributed by atoms with Crippen LogP contribution in [0.4, 0.5) is 5.69 Å². The summed E-state index contributed by atoms with van der Waals surface area (Å²) in [6.07, 6.45) is 0.754. The molecule has 0 radical (unpaired) electrons. The summed E-state index contributed by atoms with van der Waals surface area (Å²) in [6.45, 7) is 3.80. The third kappa shape index (κ3) is 4.58. The summed E-state index contributed by atoms with van der Waals surface area (Å²) in [6, 6.07) is 21.4. The molecule has 5 nitrogen and oxygen atoms in total. The molecule has 7 heteroatoms. The zero-order chi connectivity index (χ0) is 22.9. The van der Waals surface area contributed by atoms with Gasteiger partial charge in [-0.15, -0.1) is 0 Å². The van der Waals surface area contributed by atoms with Crippen LogP contribution in [0.15, 0.2) is 77.7 Å². The second-order valence-corrected chi connectivity index (χ2v) is 10.5. The van der Waals surface area contributed by atoms with E-state index in [9.17, 15) is 13.2 Å². The molecule has 0 saturated heterocycles. The largest absolute Gasteiger partial charge is 0.308 e. The van der Waals surface area contributed by atoms with Crippen molar-refractivity contribution in [3.8, 4) is 0 Å². The molecule has 3 aromatic carbocycles. The monoisotopic (exact) mass is 468 g/mol. The van der Waals surface area contributed by atoms with E-state index in [1.165, 1.54) is 16.4 Å². The number of fused-ring (bicyclic) bond motifs is 1. The number of nitrogens with zero attached hydrogens (tertiary/aromatic N) is 2. The van der Waals surface area contributed by atoms with E-state index in [1.54, 1.807) is 17.0 Å². The molecule has 0 saturated carbocycles. The third-order valence-electron chi connectivity index (χ3n) is 5.72. The first-order chi connectivity index (χ1) is 15.3. The van der Waals surface area contributed by atoms with Crippen molar-refractivity contribution in [1.82, 2.24) is 4.31 Å². The van der Waals surface area contributed by atoms with Crippen LogP contribution in [0.2, 0.25) is 5.02 Å². The third-order valence-corrected chi connectivity index (χ3v) is 7.78. The van der Waals surface area contributed by atoms with Gasteiger partial charge >= 0.3 is 0 Å². The molecule has 1 aliphatic rings. The summed E-state index contributed by atoms with van der Waals surface area (Å²) in [5, 5.41) is 0.451. The van der Waals surface area contributed by atoms with Crippen molar-refractivity contribution >= 4 is 33.2 Å². The Balaban J connectivity index is 1.67. The lowest BCUT2D eigenvalue weighted by Crippen LogP contribution is -2.44. The second-order valence-electron chi connectivity index (χ2n) is 8.16. The molecule has 1 atom stereocenters. The first-order valence-electron chi connectivity index (χ1n) is 10.5. The van der Waals surface area contributed by atoms with Gasteiger partial charge in [-0.05, 0) is 61.7 Å². The highest BCUT2D eigenvalue weighted by Gasteiger charge is 2.34. The first-order valence-corrected chi connectivity index (χ1v) is 12.3. The fourth-order valence-electron chi connectivity index (χ4n) is 4.05. The first kappa shape index (κ1) is 22.5. The van der Waals surface area contributed by atoms with Gasteiger partial charge in [-0.1, -0.05) is 59.6 Å². The van der Waals surface area contributed by atoms with Crippen LogP contribution in [-0.4, -0.2) is 31.2 Å². The lowest BCUT2D eigenvalue weighted by atomic mass is 10.1. The predicted octanol–water partition coefficient (Wildman–Crippen LogP) is 4.82. The Bertz CT molecular complexity index is 1220. The standard InChI is InChI=1S/C25H25ClN2O3S/c1-18-7-9-20(10-8-18)16-27(32(30,31)23-13-11-22(26)12-14-23)17-25(29)28-19(2)15-21-5-3-4-6-24(21)28/h3-14,19H,15-17H2,1-2H3/t19-/m0/s1. The molecule has 1 heterocycles. The van der Waals surface area contributed by atoms with Crippen molar-refractivity contribution in [2.24, 2.45) is 0 Å². The molecule has 4 rings (SSSR count). The van der Waals surface area contributed by atoms with Crippen molar-refractivity contribution in [3.05, 3.63) is 94.5 Å². The molecule has 0 unspecified atom stereocenters. The zero-order valence-corrected chi connectivity index (χ0v) is 19.6. The maximum Gasteiger partial charge on any atom is 0.243 e. The Morgan fingerprint density at radius 2 is 1.69 bits per heavy atom.